The highest BCUT2D eigenvalue weighted by molar-refractivity contribution is 5.78. The summed E-state index contributed by atoms with van der Waals surface area (Å²) in [4.78, 5) is 21.0. The van der Waals surface area contributed by atoms with Crippen LogP contribution in [-0.4, -0.2) is 64.6 Å². The smallest absolute Gasteiger partial charge is 0.240 e. The number of hydrogen-bond donors (Lipinski definition) is 2. The largest absolute Gasteiger partial charge is 0.352 e. The standard InChI is InChI=1S/C17H30N6O2/c1-13-3-2-4-14(9-13)19-16(24)12-23-7-5-22(6-8-23)11-15-20-17(10-18)25-21-15/h13-14H,2-12,18H2,1H3,(H,19,24). The first-order valence-corrected chi connectivity index (χ1v) is 9.38. The van der Waals surface area contributed by atoms with Crippen molar-refractivity contribution in [2.75, 3.05) is 32.7 Å². The van der Waals surface area contributed by atoms with Gasteiger partial charge in [-0.1, -0.05) is 24.9 Å². The Morgan fingerprint density at radius 3 is 2.72 bits per heavy atom. The molecule has 1 aromatic rings. The molecule has 1 amide bonds. The molecule has 0 radical (unpaired) electrons. The molecule has 8 heteroatoms. The highest BCUT2D eigenvalue weighted by Gasteiger charge is 2.23. The van der Waals surface area contributed by atoms with Gasteiger partial charge in [-0.05, 0) is 18.8 Å². The Morgan fingerprint density at radius 1 is 1.28 bits per heavy atom. The maximum Gasteiger partial charge on any atom is 0.240 e. The predicted octanol–water partition coefficient (Wildman–Crippen LogP) is 0.341. The van der Waals surface area contributed by atoms with E-state index in [1.807, 2.05) is 0 Å². The van der Waals surface area contributed by atoms with E-state index in [4.69, 9.17) is 10.3 Å². The van der Waals surface area contributed by atoms with Crippen LogP contribution in [0.3, 0.4) is 0 Å². The van der Waals surface area contributed by atoms with Crippen LogP contribution in [0.5, 0.6) is 0 Å². The van der Waals surface area contributed by atoms with Crippen molar-refractivity contribution in [3.8, 4) is 0 Å². The van der Waals surface area contributed by atoms with Crippen LogP contribution < -0.4 is 11.1 Å². The van der Waals surface area contributed by atoms with Crippen LogP contribution in [0.4, 0.5) is 0 Å². The summed E-state index contributed by atoms with van der Waals surface area (Å²) in [6, 6.07) is 0.368. The fourth-order valence-corrected chi connectivity index (χ4v) is 3.78. The third-order valence-corrected chi connectivity index (χ3v) is 5.18. The summed E-state index contributed by atoms with van der Waals surface area (Å²) >= 11 is 0. The second-order valence-electron chi connectivity index (χ2n) is 7.40. The lowest BCUT2D eigenvalue weighted by molar-refractivity contribution is -0.123. The lowest BCUT2D eigenvalue weighted by atomic mass is 9.87. The van der Waals surface area contributed by atoms with Crippen LogP contribution in [0.15, 0.2) is 4.52 Å². The average molecular weight is 350 g/mol. The summed E-state index contributed by atoms with van der Waals surface area (Å²) < 4.78 is 5.03. The summed E-state index contributed by atoms with van der Waals surface area (Å²) in [5.74, 6) is 2.05. The van der Waals surface area contributed by atoms with E-state index in [1.165, 1.54) is 12.8 Å². The third-order valence-electron chi connectivity index (χ3n) is 5.18. The van der Waals surface area contributed by atoms with Crippen LogP contribution in [0.1, 0.15) is 44.3 Å². The molecule has 0 spiro atoms. The Kier molecular flexibility index (Phi) is 6.39. The van der Waals surface area contributed by atoms with E-state index in [2.05, 4.69) is 32.2 Å². The van der Waals surface area contributed by atoms with Gasteiger partial charge in [0.05, 0.1) is 19.6 Å². The summed E-state index contributed by atoms with van der Waals surface area (Å²) in [6.45, 7) is 7.29. The van der Waals surface area contributed by atoms with E-state index >= 15 is 0 Å². The molecule has 1 aliphatic heterocycles. The molecule has 0 aromatic carbocycles. The van der Waals surface area contributed by atoms with Gasteiger partial charge in [-0.25, -0.2) is 0 Å². The van der Waals surface area contributed by atoms with E-state index in [-0.39, 0.29) is 12.5 Å². The van der Waals surface area contributed by atoms with Crippen molar-refractivity contribution in [3.63, 3.8) is 0 Å². The molecule has 25 heavy (non-hydrogen) atoms. The Labute approximate surface area is 149 Å². The lowest BCUT2D eigenvalue weighted by Crippen LogP contribution is -2.50. The fourth-order valence-electron chi connectivity index (χ4n) is 3.78. The number of nitrogens with one attached hydrogen (secondary N) is 1. The zero-order valence-corrected chi connectivity index (χ0v) is 15.1. The van der Waals surface area contributed by atoms with Crippen LogP contribution in [-0.2, 0) is 17.9 Å². The van der Waals surface area contributed by atoms with E-state index in [1.54, 1.807) is 0 Å². The van der Waals surface area contributed by atoms with Gasteiger partial charge in [0, 0.05) is 32.2 Å². The van der Waals surface area contributed by atoms with Crippen LogP contribution in [0.2, 0.25) is 0 Å². The highest BCUT2D eigenvalue weighted by Crippen LogP contribution is 2.23. The number of carbonyl (C=O) groups excluding carboxylic acids is 1. The Bertz CT molecular complexity index is 555. The molecule has 1 aliphatic carbocycles. The lowest BCUT2D eigenvalue weighted by Gasteiger charge is -2.34. The number of aromatic nitrogens is 2. The second-order valence-corrected chi connectivity index (χ2v) is 7.40. The Morgan fingerprint density at radius 2 is 2.04 bits per heavy atom. The van der Waals surface area contributed by atoms with Gasteiger partial charge in [0.1, 0.15) is 0 Å². The van der Waals surface area contributed by atoms with Crippen molar-refractivity contribution in [1.82, 2.24) is 25.3 Å². The van der Waals surface area contributed by atoms with Gasteiger partial charge in [-0.15, -0.1) is 0 Å². The number of carbonyl (C=O) groups is 1. The summed E-state index contributed by atoms with van der Waals surface area (Å²) in [6.07, 6.45) is 4.77. The first kappa shape index (κ1) is 18.3. The molecule has 140 valence electrons. The number of amides is 1. The van der Waals surface area contributed by atoms with Crippen molar-refractivity contribution in [1.29, 1.82) is 0 Å². The zero-order valence-electron chi connectivity index (χ0n) is 15.1. The topological polar surface area (TPSA) is 101 Å². The van der Waals surface area contributed by atoms with Crippen molar-refractivity contribution in [2.45, 2.75) is 51.7 Å². The number of nitrogens with two attached hydrogens (primary N) is 1. The second kappa shape index (κ2) is 8.73. The maximum atomic E-state index is 12.3. The minimum Gasteiger partial charge on any atom is -0.352 e. The van der Waals surface area contributed by atoms with Crippen LogP contribution >= 0.6 is 0 Å². The minimum absolute atomic E-state index is 0.165. The molecule has 3 rings (SSSR count). The normalized spacial score (nSPS) is 25.8. The molecule has 8 nitrogen and oxygen atoms in total. The fraction of sp³-hybridized carbons (Fsp3) is 0.824. The first-order valence-electron chi connectivity index (χ1n) is 9.38. The average Bonchev–Trinajstić information content (AvgIpc) is 3.04. The number of piperazine rings is 1. The molecule has 2 aliphatic rings. The SMILES string of the molecule is CC1CCCC(NC(=O)CN2CCN(Cc3noc(CN)n3)CC2)C1. The summed E-state index contributed by atoms with van der Waals surface area (Å²) in [5, 5.41) is 7.15. The Hall–Kier alpha value is -1.51. The van der Waals surface area contributed by atoms with E-state index in [0.717, 1.165) is 44.9 Å². The van der Waals surface area contributed by atoms with Gasteiger partial charge in [-0.2, -0.15) is 4.98 Å². The molecule has 2 unspecified atom stereocenters. The number of hydrogen-bond acceptors (Lipinski definition) is 7. The van der Waals surface area contributed by atoms with E-state index < -0.39 is 0 Å². The number of rotatable bonds is 6. The highest BCUT2D eigenvalue weighted by atomic mass is 16.5. The molecule has 2 heterocycles. The third kappa shape index (κ3) is 5.49. The number of nitrogens with zero attached hydrogens (tertiary/aromatic N) is 4. The Balaban J connectivity index is 1.36. The van der Waals surface area contributed by atoms with Gasteiger partial charge < -0.3 is 15.6 Å². The minimum atomic E-state index is 0.165. The van der Waals surface area contributed by atoms with Crippen molar-refractivity contribution in [2.24, 2.45) is 11.7 Å². The summed E-state index contributed by atoms with van der Waals surface area (Å²) in [7, 11) is 0. The van der Waals surface area contributed by atoms with Crippen LogP contribution in [0.25, 0.3) is 0 Å². The monoisotopic (exact) mass is 350 g/mol. The molecule has 2 atom stereocenters. The van der Waals surface area contributed by atoms with Crippen LogP contribution in [0, 0.1) is 5.92 Å². The zero-order chi connectivity index (χ0) is 17.6. The van der Waals surface area contributed by atoms with Crippen molar-refractivity contribution >= 4 is 5.91 Å². The van der Waals surface area contributed by atoms with Gasteiger partial charge in [0.15, 0.2) is 5.82 Å². The van der Waals surface area contributed by atoms with Gasteiger partial charge in [0.25, 0.3) is 0 Å². The molecular weight excluding hydrogens is 320 g/mol. The molecule has 1 saturated carbocycles. The molecule has 1 saturated heterocycles. The van der Waals surface area contributed by atoms with Gasteiger partial charge >= 0.3 is 0 Å². The molecular formula is C17H30N6O2. The van der Waals surface area contributed by atoms with Crippen molar-refractivity contribution < 1.29 is 9.32 Å². The quantitative estimate of drug-likeness (QED) is 0.763. The molecule has 1 aromatic heterocycles. The van der Waals surface area contributed by atoms with Crippen molar-refractivity contribution in [3.05, 3.63) is 11.7 Å². The van der Waals surface area contributed by atoms with Gasteiger partial charge in [0.2, 0.25) is 11.8 Å². The predicted molar refractivity (Wildman–Crippen MR) is 93.5 cm³/mol. The molecule has 0 bridgehead atoms. The van der Waals surface area contributed by atoms with E-state index in [9.17, 15) is 4.79 Å². The molecule has 3 N–H and O–H groups in total. The maximum absolute atomic E-state index is 12.3. The summed E-state index contributed by atoms with van der Waals surface area (Å²) in [5.41, 5.74) is 5.48. The van der Waals surface area contributed by atoms with Gasteiger partial charge in [-0.3, -0.25) is 14.6 Å². The molecule has 2 fully saturated rings. The van der Waals surface area contributed by atoms with E-state index in [0.29, 0.717) is 30.8 Å². The first-order chi connectivity index (χ1) is 12.1.